The Kier molecular flexibility index (Phi) is 39.4. The van der Waals surface area contributed by atoms with Gasteiger partial charge in [-0.2, -0.15) is 0 Å². The fourth-order valence-electron chi connectivity index (χ4n) is 16.1. The Balaban J connectivity index is 1.19. The van der Waals surface area contributed by atoms with Gasteiger partial charge in [0, 0.05) is 74.6 Å². The van der Waals surface area contributed by atoms with Crippen LogP contribution in [0.25, 0.3) is 0 Å². The molecule has 1 unspecified atom stereocenters. The van der Waals surface area contributed by atoms with Crippen LogP contribution in [0.5, 0.6) is 0 Å². The van der Waals surface area contributed by atoms with Crippen LogP contribution in [-0.2, 0) is 96.7 Å². The van der Waals surface area contributed by atoms with Crippen molar-refractivity contribution in [3.8, 4) is 0 Å². The molecule has 30 heteroatoms. The zero-order chi connectivity index (χ0) is 96.2. The second-order valence-corrected chi connectivity index (χ2v) is 36.5. The zero-order valence-corrected chi connectivity index (χ0v) is 79.2. The fraction of sp³-hybridized carbons (Fsp3) is 0.500. The minimum absolute atomic E-state index is 0.0363. The van der Waals surface area contributed by atoms with Gasteiger partial charge in [-0.15, -0.1) is 0 Å². The second kappa shape index (κ2) is 48.9. The van der Waals surface area contributed by atoms with E-state index in [2.05, 4.69) is 31.9 Å². The van der Waals surface area contributed by atoms with Crippen LogP contribution in [0.1, 0.15) is 169 Å². The molecular formula is C100H137N13O17. The molecule has 6 aromatic rings. The number of carbonyl (C=O) groups excluding carboxylic acids is 13. The van der Waals surface area contributed by atoms with Crippen LogP contribution < -0.4 is 31.9 Å². The highest BCUT2D eigenvalue weighted by molar-refractivity contribution is 6.00. The number of carboxylic acid groups (broad SMARTS) is 1. The van der Waals surface area contributed by atoms with Crippen LogP contribution in [0.3, 0.4) is 0 Å². The monoisotopic (exact) mass is 1790 g/mol. The molecule has 1 saturated heterocycles. The highest BCUT2D eigenvalue weighted by Crippen LogP contribution is 2.42. The summed E-state index contributed by atoms with van der Waals surface area (Å²) in [7, 11) is 8.31. The van der Waals surface area contributed by atoms with Crippen molar-refractivity contribution in [2.45, 2.75) is 238 Å². The molecule has 130 heavy (non-hydrogen) atoms. The SMILES string of the molecule is CC(C)C[C@@H](C(=O)N(C)[C@H](C(=O)N[C@@H](Cc1ccccc1)C(=O)N[C@@H](CC(=O)O)C(=O)N(C)[C@@H](Cc1ccccc1)C(=O)N[C@@H](C)C(=O)N1CCCCC1)C(C)C)N(C)C(=O)CNC(=O)[C@H](Cc1ccccc1)N(C)C(=O)[C@@H](NC(=O)[C@H](CC(C)C)N(C)C(=O)C(NC(=O)[C@H](C)N(C)C(=O)OC(C)(C)C)C(C)C)[C@@H](C)OC(c1ccccc1)(c1ccccc1)c1ccccc1. The minimum Gasteiger partial charge on any atom is -0.481 e. The van der Waals surface area contributed by atoms with E-state index in [1.807, 2.05) is 119 Å². The molecule has 1 aliphatic rings. The van der Waals surface area contributed by atoms with E-state index in [1.165, 1.54) is 68.8 Å². The Morgan fingerprint density at radius 2 is 0.808 bits per heavy atom. The first kappa shape index (κ1) is 105. The first-order valence-corrected chi connectivity index (χ1v) is 44.9. The molecule has 30 nitrogen and oxygen atoms in total. The molecule has 0 bridgehead atoms. The molecule has 0 spiro atoms. The number of carboxylic acids is 1. The smallest absolute Gasteiger partial charge is 0.410 e. The van der Waals surface area contributed by atoms with Crippen LogP contribution in [0.4, 0.5) is 4.79 Å². The molecule has 0 aliphatic carbocycles. The van der Waals surface area contributed by atoms with Gasteiger partial charge in [-0.1, -0.05) is 237 Å². The fourth-order valence-corrected chi connectivity index (χ4v) is 16.1. The first-order valence-electron chi connectivity index (χ1n) is 44.9. The maximum Gasteiger partial charge on any atom is 0.410 e. The Bertz CT molecular complexity index is 4670. The summed E-state index contributed by atoms with van der Waals surface area (Å²) in [6, 6.07) is 39.0. The number of nitrogens with one attached hydrogen (secondary N) is 6. The Morgan fingerprint density at radius 3 is 1.25 bits per heavy atom. The van der Waals surface area contributed by atoms with Crippen molar-refractivity contribution >= 4 is 82.9 Å². The molecular weight excluding hydrogens is 1660 g/mol. The van der Waals surface area contributed by atoms with E-state index in [-0.39, 0.29) is 49.8 Å². The zero-order valence-electron chi connectivity index (χ0n) is 79.2. The number of likely N-dealkylation sites (N-methyl/N-ethyl adjacent to an activating group) is 6. The predicted molar refractivity (Wildman–Crippen MR) is 496 cm³/mol. The van der Waals surface area contributed by atoms with E-state index in [0.29, 0.717) is 46.5 Å². The van der Waals surface area contributed by atoms with E-state index in [4.69, 9.17) is 9.47 Å². The van der Waals surface area contributed by atoms with E-state index >= 15 is 38.4 Å². The van der Waals surface area contributed by atoms with Gasteiger partial charge in [0.15, 0.2) is 0 Å². The third-order valence-electron chi connectivity index (χ3n) is 23.6. The number of nitrogens with zero attached hydrogens (tertiary/aromatic N) is 7. The summed E-state index contributed by atoms with van der Waals surface area (Å²) in [6.07, 6.45) is -0.797. The van der Waals surface area contributed by atoms with Gasteiger partial charge in [-0.25, -0.2) is 4.79 Å². The lowest BCUT2D eigenvalue weighted by Crippen LogP contribution is -2.63. The number of rotatable bonds is 44. The van der Waals surface area contributed by atoms with Gasteiger partial charge < -0.3 is 75.9 Å². The standard InChI is InChI=1S/C100H137N13O17/c1-63(2)56-78(110(18)96(126)84(65(5)6)105-87(117)68(10)107(15)98(128)130-99(12,13)14)91(121)106-85(69(11)129-100(73-48-34-24-35-49-73,74-50-36-25-37-51-74)75-52-38-26-39-53-75)97(127)111(19)79(59-71-44-30-22-31-45-71)89(119)101-62-82(114)108(16)81(57-64(3)4)95(125)112(20)86(66(7)8)92(122)103-76(58-70-42-28-21-29-43-70)88(118)104-77(61-83(115)116)94(124)109(17)80(60-72-46-32-23-33-47-72)90(120)102-67(9)93(123)113-54-40-27-41-55-113/h21-26,28-39,42-53,63-69,76-81,84-86H,27,40-41,54-62H2,1-20H3,(H,101,119)(H,102,120)(H,103,122)(H,104,118)(H,105,117)(H,106,121)(H,115,116)/t67-,68-,69+,76-,77-,78-,79-,80-,81-,84?,85-,86-/m0/s1. The Labute approximate surface area is 766 Å². The Hall–Kier alpha value is -12.3. The van der Waals surface area contributed by atoms with Crippen molar-refractivity contribution in [2.24, 2.45) is 23.7 Å². The van der Waals surface area contributed by atoms with Gasteiger partial charge in [-0.05, 0) is 131 Å². The Morgan fingerprint density at radius 1 is 0.400 bits per heavy atom. The summed E-state index contributed by atoms with van der Waals surface area (Å²) in [5.41, 5.74) is 1.31. The van der Waals surface area contributed by atoms with Crippen molar-refractivity contribution in [1.82, 2.24) is 66.2 Å². The van der Waals surface area contributed by atoms with E-state index < -0.39 is 186 Å². The van der Waals surface area contributed by atoms with Crippen molar-refractivity contribution < 1.29 is 81.7 Å². The van der Waals surface area contributed by atoms with Crippen molar-refractivity contribution in [1.29, 1.82) is 0 Å². The lowest BCUT2D eigenvalue weighted by molar-refractivity contribution is -0.151. The van der Waals surface area contributed by atoms with Crippen LogP contribution >= 0.6 is 0 Å². The van der Waals surface area contributed by atoms with E-state index in [0.717, 1.165) is 29.1 Å². The number of carbonyl (C=O) groups is 14. The molecule has 0 radical (unpaired) electrons. The molecule has 1 aliphatic heterocycles. The van der Waals surface area contributed by atoms with Crippen LogP contribution in [0.15, 0.2) is 182 Å². The number of piperidine rings is 1. The summed E-state index contributed by atoms with van der Waals surface area (Å²) >= 11 is 0. The number of amides is 13. The van der Waals surface area contributed by atoms with Crippen LogP contribution in [0.2, 0.25) is 0 Å². The van der Waals surface area contributed by atoms with Gasteiger partial charge in [-0.3, -0.25) is 67.2 Å². The van der Waals surface area contributed by atoms with Crippen molar-refractivity contribution in [3.63, 3.8) is 0 Å². The first-order chi connectivity index (χ1) is 61.4. The quantitative estimate of drug-likeness (QED) is 0.0175. The predicted octanol–water partition coefficient (Wildman–Crippen LogP) is 8.95. The highest BCUT2D eigenvalue weighted by atomic mass is 16.6. The third kappa shape index (κ3) is 29.1. The number of ether oxygens (including phenoxy) is 2. The number of hydrogen-bond acceptors (Lipinski definition) is 16. The minimum atomic E-state index is -1.81. The van der Waals surface area contributed by atoms with Crippen LogP contribution in [-0.4, -0.2) is 262 Å². The van der Waals surface area contributed by atoms with Gasteiger partial charge in [0.05, 0.1) is 19.1 Å². The molecule has 704 valence electrons. The van der Waals surface area contributed by atoms with Gasteiger partial charge >= 0.3 is 12.1 Å². The lowest BCUT2D eigenvalue weighted by atomic mass is 9.79. The average Bonchev–Trinajstić information content (AvgIpc) is 0.748. The van der Waals surface area contributed by atoms with Crippen LogP contribution in [0, 0.1) is 23.7 Å². The van der Waals surface area contributed by atoms with Gasteiger partial charge in [0.1, 0.15) is 77.7 Å². The average molecular weight is 1790 g/mol. The largest absolute Gasteiger partial charge is 0.481 e. The van der Waals surface area contributed by atoms with Crippen molar-refractivity contribution in [2.75, 3.05) is 61.9 Å². The summed E-state index contributed by atoms with van der Waals surface area (Å²) in [5, 5.41) is 27.2. The summed E-state index contributed by atoms with van der Waals surface area (Å²) in [6.45, 7) is 24.2. The molecule has 7 rings (SSSR count). The highest BCUT2D eigenvalue weighted by Gasteiger charge is 2.47. The summed E-state index contributed by atoms with van der Waals surface area (Å²) in [5.74, 6) is -12.3. The molecule has 1 fully saturated rings. The summed E-state index contributed by atoms with van der Waals surface area (Å²) in [4.78, 5) is 215. The van der Waals surface area contributed by atoms with E-state index in [9.17, 15) is 33.9 Å². The maximum absolute atomic E-state index is 16.4. The lowest BCUT2D eigenvalue weighted by Gasteiger charge is -2.41. The molecule has 6 aromatic carbocycles. The van der Waals surface area contributed by atoms with Gasteiger partial charge in [0.25, 0.3) is 0 Å². The third-order valence-corrected chi connectivity index (χ3v) is 23.6. The topological polar surface area (TPSA) is 373 Å². The second-order valence-electron chi connectivity index (χ2n) is 36.5. The number of likely N-dealkylation sites (tertiary alicyclic amines) is 1. The normalized spacial score (nSPS) is 15.1. The molecule has 7 N–H and O–H groups in total. The molecule has 0 aromatic heterocycles. The summed E-state index contributed by atoms with van der Waals surface area (Å²) < 4.78 is 13.1. The molecule has 12 atom stereocenters. The molecule has 0 saturated carbocycles. The number of aliphatic carboxylic acids is 1. The number of benzene rings is 6. The van der Waals surface area contributed by atoms with Gasteiger partial charge in [0.2, 0.25) is 70.9 Å². The number of hydrogen-bond donors (Lipinski definition) is 7. The van der Waals surface area contributed by atoms with Crippen molar-refractivity contribution in [3.05, 3.63) is 215 Å². The molecule has 13 amide bonds. The van der Waals surface area contributed by atoms with E-state index in [1.54, 1.807) is 158 Å². The maximum atomic E-state index is 16.4. The molecule has 1 heterocycles.